The molecule has 26 heavy (non-hydrogen) atoms. The first-order valence-corrected chi connectivity index (χ1v) is 9.73. The van der Waals surface area contributed by atoms with Crippen LogP contribution < -0.4 is 5.32 Å². The van der Waals surface area contributed by atoms with Gasteiger partial charge in [0.1, 0.15) is 0 Å². The summed E-state index contributed by atoms with van der Waals surface area (Å²) in [4.78, 5) is 14.9. The fourth-order valence-corrected chi connectivity index (χ4v) is 3.95. The van der Waals surface area contributed by atoms with E-state index in [1.807, 2.05) is 18.7 Å². The lowest BCUT2D eigenvalue weighted by Crippen LogP contribution is -2.57. The number of aliphatic hydroxyl groups is 1. The number of nitrogens with zero attached hydrogens (tertiary/aromatic N) is 2. The number of aromatic amines is 1. The molecule has 1 saturated heterocycles. The Kier molecular flexibility index (Phi) is 5.69. The lowest BCUT2D eigenvalue weighted by Gasteiger charge is -2.41. The molecule has 1 aromatic rings. The number of rotatable bonds is 5. The Balaban J connectivity index is 1.68. The molecule has 146 valence electrons. The first-order valence-electron chi connectivity index (χ1n) is 9.73. The average Bonchev–Trinajstić information content (AvgIpc) is 3.04. The fourth-order valence-electron chi connectivity index (χ4n) is 3.95. The molecule has 0 spiro atoms. The summed E-state index contributed by atoms with van der Waals surface area (Å²) in [6.07, 6.45) is 2.24. The highest BCUT2D eigenvalue weighted by Crippen LogP contribution is 2.31. The summed E-state index contributed by atoms with van der Waals surface area (Å²) in [6.45, 7) is 10.6. The van der Waals surface area contributed by atoms with Crippen molar-refractivity contribution in [2.75, 3.05) is 26.2 Å². The molecule has 0 aliphatic carbocycles. The second kappa shape index (κ2) is 7.66. The Morgan fingerprint density at radius 3 is 2.73 bits per heavy atom. The number of nitrogens with one attached hydrogen (secondary N) is 2. The maximum atomic E-state index is 13.0. The molecule has 0 aromatic carbocycles. The number of aliphatic hydroxyl groups excluding tert-OH is 1. The smallest absolute Gasteiger partial charge is 0.274 e. The zero-order valence-corrected chi connectivity index (χ0v) is 16.3. The molecule has 0 radical (unpaired) electrons. The van der Waals surface area contributed by atoms with Crippen molar-refractivity contribution in [1.29, 1.82) is 0 Å². The lowest BCUT2D eigenvalue weighted by molar-refractivity contribution is -0.00705. The Labute approximate surface area is 155 Å². The van der Waals surface area contributed by atoms with Crippen LogP contribution in [0.1, 0.15) is 68.4 Å². The first-order chi connectivity index (χ1) is 12.3. The van der Waals surface area contributed by atoms with Gasteiger partial charge in [-0.15, -0.1) is 0 Å². The van der Waals surface area contributed by atoms with Gasteiger partial charge in [-0.05, 0) is 39.2 Å². The molecule has 2 aliphatic rings. The second-order valence-electron chi connectivity index (χ2n) is 8.26. The number of aromatic nitrogens is 2. The van der Waals surface area contributed by atoms with Crippen molar-refractivity contribution in [2.45, 2.75) is 64.7 Å². The number of amides is 1. The first kappa shape index (κ1) is 19.3. The molecule has 0 unspecified atom stereocenters. The van der Waals surface area contributed by atoms with Gasteiger partial charge in [-0.2, -0.15) is 5.10 Å². The molecular weight excluding hydrogens is 332 g/mol. The quantitative estimate of drug-likeness (QED) is 0.739. The van der Waals surface area contributed by atoms with Crippen molar-refractivity contribution in [2.24, 2.45) is 5.92 Å². The number of likely N-dealkylation sites (tertiary alicyclic amines) is 1. The number of piperidine rings is 1. The fraction of sp³-hybridized carbons (Fsp3) is 0.789. The Morgan fingerprint density at radius 1 is 1.42 bits per heavy atom. The third-order valence-corrected chi connectivity index (χ3v) is 5.63. The predicted octanol–water partition coefficient (Wildman–Crippen LogP) is 1.64. The second-order valence-corrected chi connectivity index (χ2v) is 8.26. The van der Waals surface area contributed by atoms with Crippen LogP contribution in [0.5, 0.6) is 0 Å². The van der Waals surface area contributed by atoms with Gasteiger partial charge in [-0.3, -0.25) is 9.89 Å². The van der Waals surface area contributed by atoms with Gasteiger partial charge < -0.3 is 20.1 Å². The van der Waals surface area contributed by atoms with Crippen molar-refractivity contribution in [3.63, 3.8) is 0 Å². The van der Waals surface area contributed by atoms with Crippen LogP contribution >= 0.6 is 0 Å². The molecule has 1 fully saturated rings. The minimum absolute atomic E-state index is 0.0146. The van der Waals surface area contributed by atoms with E-state index in [0.717, 1.165) is 30.6 Å². The standard InChI is InChI=1S/C19H32N4O3/c1-12(2)10-20-19(11-24)5-7-23(8-6-19)18(25)17-15-9-13(3)26-14(4)16(15)21-22-17/h12-14,20,24H,5-11H2,1-4H3,(H,21,22)/t13-,14+/m0/s1. The van der Waals surface area contributed by atoms with E-state index in [9.17, 15) is 9.90 Å². The summed E-state index contributed by atoms with van der Waals surface area (Å²) in [5, 5.41) is 20.7. The third kappa shape index (κ3) is 3.80. The predicted molar refractivity (Wildman–Crippen MR) is 99.0 cm³/mol. The third-order valence-electron chi connectivity index (χ3n) is 5.63. The molecule has 7 heteroatoms. The van der Waals surface area contributed by atoms with Crippen molar-refractivity contribution in [3.05, 3.63) is 17.0 Å². The lowest BCUT2D eigenvalue weighted by atomic mass is 9.87. The van der Waals surface area contributed by atoms with E-state index in [1.54, 1.807) is 0 Å². The van der Waals surface area contributed by atoms with Crippen LogP contribution in [-0.2, 0) is 11.2 Å². The summed E-state index contributed by atoms with van der Waals surface area (Å²) in [6, 6.07) is 0. The largest absolute Gasteiger partial charge is 0.394 e. The van der Waals surface area contributed by atoms with Crippen LogP contribution in [-0.4, -0.2) is 64.0 Å². The zero-order valence-electron chi connectivity index (χ0n) is 16.3. The van der Waals surface area contributed by atoms with Gasteiger partial charge in [0.05, 0.1) is 24.5 Å². The minimum atomic E-state index is -0.275. The molecule has 0 bridgehead atoms. The van der Waals surface area contributed by atoms with Crippen LogP contribution in [0.25, 0.3) is 0 Å². The van der Waals surface area contributed by atoms with Crippen LogP contribution in [0.3, 0.4) is 0 Å². The van der Waals surface area contributed by atoms with Gasteiger partial charge in [0.15, 0.2) is 5.69 Å². The maximum absolute atomic E-state index is 13.0. The molecule has 1 aromatic heterocycles. The molecule has 0 saturated carbocycles. The number of carbonyl (C=O) groups is 1. The summed E-state index contributed by atoms with van der Waals surface area (Å²) in [5.41, 5.74) is 2.18. The highest BCUT2D eigenvalue weighted by molar-refractivity contribution is 5.94. The molecule has 3 heterocycles. The van der Waals surface area contributed by atoms with Gasteiger partial charge in [-0.1, -0.05) is 13.8 Å². The van der Waals surface area contributed by atoms with Gasteiger partial charge in [0, 0.05) is 30.6 Å². The zero-order chi connectivity index (χ0) is 18.9. The Morgan fingerprint density at radius 2 is 2.12 bits per heavy atom. The number of hydrogen-bond acceptors (Lipinski definition) is 5. The SMILES string of the molecule is CC(C)CNC1(CO)CCN(C(=O)c2n[nH]c3c2C[C@H](C)O[C@@H]3C)CC1. The summed E-state index contributed by atoms with van der Waals surface area (Å²) in [7, 11) is 0. The van der Waals surface area contributed by atoms with Crippen molar-refractivity contribution in [3.8, 4) is 0 Å². The van der Waals surface area contributed by atoms with E-state index in [2.05, 4.69) is 29.4 Å². The van der Waals surface area contributed by atoms with E-state index in [0.29, 0.717) is 31.1 Å². The minimum Gasteiger partial charge on any atom is -0.394 e. The van der Waals surface area contributed by atoms with Crippen LogP contribution in [0.4, 0.5) is 0 Å². The highest BCUT2D eigenvalue weighted by atomic mass is 16.5. The maximum Gasteiger partial charge on any atom is 0.274 e. The molecule has 3 rings (SSSR count). The number of carbonyl (C=O) groups excluding carboxylic acids is 1. The molecule has 1 amide bonds. The van der Waals surface area contributed by atoms with Crippen molar-refractivity contribution in [1.82, 2.24) is 20.4 Å². The monoisotopic (exact) mass is 364 g/mol. The number of hydrogen-bond donors (Lipinski definition) is 3. The van der Waals surface area contributed by atoms with E-state index in [4.69, 9.17) is 4.74 Å². The van der Waals surface area contributed by atoms with Crippen molar-refractivity contribution >= 4 is 5.91 Å². The van der Waals surface area contributed by atoms with Gasteiger partial charge in [0.2, 0.25) is 0 Å². The van der Waals surface area contributed by atoms with Gasteiger partial charge >= 0.3 is 0 Å². The van der Waals surface area contributed by atoms with Crippen LogP contribution in [0.2, 0.25) is 0 Å². The highest BCUT2D eigenvalue weighted by Gasteiger charge is 2.37. The molecule has 2 atom stereocenters. The normalized spacial score (nSPS) is 25.4. The molecule has 3 N–H and O–H groups in total. The van der Waals surface area contributed by atoms with E-state index in [-0.39, 0.29) is 30.3 Å². The van der Waals surface area contributed by atoms with Crippen LogP contribution in [0, 0.1) is 5.92 Å². The number of ether oxygens (including phenoxy) is 1. The summed E-state index contributed by atoms with van der Waals surface area (Å²) >= 11 is 0. The van der Waals surface area contributed by atoms with E-state index in [1.165, 1.54) is 0 Å². The summed E-state index contributed by atoms with van der Waals surface area (Å²) in [5.74, 6) is 0.513. The van der Waals surface area contributed by atoms with Crippen molar-refractivity contribution < 1.29 is 14.6 Å². The average molecular weight is 364 g/mol. The molecule has 7 nitrogen and oxygen atoms in total. The molecule has 2 aliphatic heterocycles. The molecular formula is C19H32N4O3. The van der Waals surface area contributed by atoms with Gasteiger partial charge in [0.25, 0.3) is 5.91 Å². The number of fused-ring (bicyclic) bond motifs is 1. The Bertz CT molecular complexity index is 635. The number of H-pyrrole nitrogens is 1. The topological polar surface area (TPSA) is 90.5 Å². The Hall–Kier alpha value is -1.44. The van der Waals surface area contributed by atoms with E-state index < -0.39 is 0 Å². The summed E-state index contributed by atoms with van der Waals surface area (Å²) < 4.78 is 5.81. The van der Waals surface area contributed by atoms with Gasteiger partial charge in [-0.25, -0.2) is 0 Å². The van der Waals surface area contributed by atoms with E-state index >= 15 is 0 Å². The van der Waals surface area contributed by atoms with Crippen LogP contribution in [0.15, 0.2) is 0 Å².